The Morgan fingerprint density at radius 1 is 0.904 bits per heavy atom. The number of hydrogen-bond acceptors (Lipinski definition) is 8. The number of phenolic OH excluding ortho intramolecular Hbond substituents is 1. The molecule has 1 atom stereocenters. The predicted molar refractivity (Wildman–Crippen MR) is 205 cm³/mol. The highest BCUT2D eigenvalue weighted by atomic mass is 16.3. The minimum absolute atomic E-state index is 0.195. The summed E-state index contributed by atoms with van der Waals surface area (Å²) >= 11 is 0. The Bertz CT molecular complexity index is 2040. The van der Waals surface area contributed by atoms with Crippen molar-refractivity contribution in [3.05, 3.63) is 96.2 Å². The third-order valence-corrected chi connectivity index (χ3v) is 11.6. The summed E-state index contributed by atoms with van der Waals surface area (Å²) in [6, 6.07) is 27.0. The van der Waals surface area contributed by atoms with Gasteiger partial charge in [-0.3, -0.25) is 14.9 Å². The molecule has 3 aliphatic heterocycles. The zero-order chi connectivity index (χ0) is 35.6. The largest absolute Gasteiger partial charge is 0.507 e. The SMILES string of the molecule is CCCC(C(=O)NC=O)N1CCc2c(N3CCC(N4CCC(c5ccc(-n6ccc7nnc(-c8ccccc8O)cc76)cc5)CC4)CC3)cccc21. The van der Waals surface area contributed by atoms with Crippen molar-refractivity contribution in [1.29, 1.82) is 0 Å². The lowest BCUT2D eigenvalue weighted by Crippen LogP contribution is -2.47. The number of benzene rings is 3. The van der Waals surface area contributed by atoms with Crippen LogP contribution in [0.3, 0.4) is 0 Å². The zero-order valence-corrected chi connectivity index (χ0v) is 29.8. The molecule has 3 aromatic carbocycles. The number of piperidine rings is 2. The zero-order valence-electron chi connectivity index (χ0n) is 29.8. The summed E-state index contributed by atoms with van der Waals surface area (Å²) in [5.41, 5.74) is 9.37. The molecule has 2 aromatic heterocycles. The molecule has 5 heterocycles. The first kappa shape index (κ1) is 33.9. The lowest BCUT2D eigenvalue weighted by Gasteiger charge is -2.43. The van der Waals surface area contributed by atoms with E-state index in [0.717, 1.165) is 87.2 Å². The number of carbonyl (C=O) groups excluding carboxylic acids is 2. The van der Waals surface area contributed by atoms with Crippen LogP contribution in [0.15, 0.2) is 85.1 Å². The summed E-state index contributed by atoms with van der Waals surface area (Å²) in [4.78, 5) is 31.3. The summed E-state index contributed by atoms with van der Waals surface area (Å²) in [7, 11) is 0. The van der Waals surface area contributed by atoms with Crippen LogP contribution in [-0.2, 0) is 16.0 Å². The monoisotopic (exact) mass is 697 g/mol. The number of fused-ring (bicyclic) bond motifs is 2. The Labute approximate surface area is 305 Å². The van der Waals surface area contributed by atoms with E-state index in [1.807, 2.05) is 30.5 Å². The topological polar surface area (TPSA) is 107 Å². The number of amides is 2. The molecule has 10 heteroatoms. The number of likely N-dealkylation sites (tertiary alicyclic amines) is 1. The van der Waals surface area contributed by atoms with Gasteiger partial charge in [0.2, 0.25) is 12.3 Å². The number of aromatic hydroxyl groups is 1. The molecule has 0 aliphatic carbocycles. The van der Waals surface area contributed by atoms with Crippen molar-refractivity contribution in [3.8, 4) is 22.7 Å². The van der Waals surface area contributed by atoms with E-state index in [2.05, 4.69) is 84.2 Å². The van der Waals surface area contributed by atoms with Gasteiger partial charge in [-0.2, -0.15) is 0 Å². The van der Waals surface area contributed by atoms with Gasteiger partial charge in [-0.25, -0.2) is 0 Å². The standard InChI is InChI=1S/C42H47N7O3/c1-2-6-39(42(52)43-28-50)49-25-19-34-37(8-5-9-38(34)49)47-23-17-31(18-24-47)46-21-15-30(16-22-46)29-11-13-32(14-12-29)48-26-20-35-40(48)27-36(45-44-35)33-7-3-4-10-41(33)51/h3-5,7-14,20,26-28,30-31,39,51H,2,6,15-19,21-25H2,1H3,(H,43,50,52). The second-order valence-electron chi connectivity index (χ2n) is 14.5. The first-order chi connectivity index (χ1) is 25.5. The Balaban J connectivity index is 0.875. The van der Waals surface area contributed by atoms with Crippen molar-refractivity contribution >= 4 is 34.7 Å². The highest BCUT2D eigenvalue weighted by molar-refractivity contribution is 5.93. The van der Waals surface area contributed by atoms with Crippen LogP contribution in [-0.4, -0.2) is 81.9 Å². The van der Waals surface area contributed by atoms with E-state index in [4.69, 9.17) is 0 Å². The Hall–Kier alpha value is -5.22. The lowest BCUT2D eigenvalue weighted by atomic mass is 9.88. The van der Waals surface area contributed by atoms with Gasteiger partial charge in [0.1, 0.15) is 17.3 Å². The highest BCUT2D eigenvalue weighted by Gasteiger charge is 2.34. The van der Waals surface area contributed by atoms with E-state index >= 15 is 0 Å². The van der Waals surface area contributed by atoms with Gasteiger partial charge >= 0.3 is 0 Å². The van der Waals surface area contributed by atoms with Gasteiger partial charge in [-0.05, 0) is 112 Å². The number of carbonyl (C=O) groups is 2. The minimum Gasteiger partial charge on any atom is -0.507 e. The smallest absolute Gasteiger partial charge is 0.249 e. The van der Waals surface area contributed by atoms with Crippen molar-refractivity contribution in [2.24, 2.45) is 0 Å². The fraction of sp³-hybridized carbons (Fsp3) is 0.381. The molecule has 5 aromatic rings. The van der Waals surface area contributed by atoms with Crippen molar-refractivity contribution in [2.45, 2.75) is 69.9 Å². The van der Waals surface area contributed by atoms with Gasteiger partial charge in [-0.15, -0.1) is 10.2 Å². The highest BCUT2D eigenvalue weighted by Crippen LogP contribution is 2.39. The Morgan fingerprint density at radius 3 is 2.42 bits per heavy atom. The molecule has 0 spiro atoms. The molecule has 2 N–H and O–H groups in total. The predicted octanol–water partition coefficient (Wildman–Crippen LogP) is 6.45. The summed E-state index contributed by atoms with van der Waals surface area (Å²) in [5.74, 6) is 0.546. The van der Waals surface area contributed by atoms with Crippen LogP contribution in [0, 0.1) is 0 Å². The number of aromatic nitrogens is 3. The van der Waals surface area contributed by atoms with E-state index in [0.29, 0.717) is 29.6 Å². The minimum atomic E-state index is -0.320. The molecule has 1 unspecified atom stereocenters. The van der Waals surface area contributed by atoms with E-state index in [1.165, 1.54) is 29.7 Å². The fourth-order valence-electron chi connectivity index (χ4n) is 8.87. The third-order valence-electron chi connectivity index (χ3n) is 11.6. The van der Waals surface area contributed by atoms with Gasteiger partial charge in [0.05, 0.1) is 11.2 Å². The molecule has 3 aliphatic rings. The number of imide groups is 1. The van der Waals surface area contributed by atoms with Gasteiger partial charge in [0.15, 0.2) is 0 Å². The molecule has 268 valence electrons. The summed E-state index contributed by atoms with van der Waals surface area (Å²) in [6.45, 7) is 7.23. The van der Waals surface area contributed by atoms with Gasteiger partial charge in [0, 0.05) is 60.1 Å². The molecule has 0 saturated carbocycles. The molecular formula is C42H47N7O3. The van der Waals surface area contributed by atoms with Crippen LogP contribution in [0.25, 0.3) is 28.0 Å². The quantitative estimate of drug-likeness (QED) is 0.161. The molecule has 8 rings (SSSR count). The van der Waals surface area contributed by atoms with E-state index in [-0.39, 0.29) is 17.7 Å². The lowest BCUT2D eigenvalue weighted by molar-refractivity contribution is -0.126. The van der Waals surface area contributed by atoms with E-state index < -0.39 is 0 Å². The normalized spacial score (nSPS) is 17.7. The van der Waals surface area contributed by atoms with E-state index in [1.54, 1.807) is 12.1 Å². The fourth-order valence-corrected chi connectivity index (χ4v) is 8.87. The summed E-state index contributed by atoms with van der Waals surface area (Å²) < 4.78 is 2.14. The second kappa shape index (κ2) is 14.8. The Kier molecular flexibility index (Phi) is 9.64. The number of nitrogens with one attached hydrogen (secondary N) is 1. The van der Waals surface area contributed by atoms with Crippen LogP contribution in [0.2, 0.25) is 0 Å². The number of rotatable bonds is 10. The number of hydrogen-bond donors (Lipinski definition) is 2. The van der Waals surface area contributed by atoms with Crippen molar-refractivity contribution in [3.63, 3.8) is 0 Å². The molecule has 52 heavy (non-hydrogen) atoms. The number of phenols is 1. The summed E-state index contributed by atoms with van der Waals surface area (Å²) in [6.07, 6.45) is 9.73. The van der Waals surface area contributed by atoms with E-state index in [9.17, 15) is 14.7 Å². The first-order valence-corrected chi connectivity index (χ1v) is 18.9. The van der Waals surface area contributed by atoms with Gasteiger partial charge in [0.25, 0.3) is 0 Å². The van der Waals surface area contributed by atoms with Crippen LogP contribution in [0.4, 0.5) is 11.4 Å². The average molecular weight is 698 g/mol. The van der Waals surface area contributed by atoms with Crippen LogP contribution in [0.1, 0.15) is 62.5 Å². The maximum Gasteiger partial charge on any atom is 0.249 e. The third kappa shape index (κ3) is 6.51. The second-order valence-corrected chi connectivity index (χ2v) is 14.5. The van der Waals surface area contributed by atoms with Crippen molar-refractivity contribution in [2.75, 3.05) is 42.5 Å². The molecule has 2 saturated heterocycles. The van der Waals surface area contributed by atoms with Crippen LogP contribution >= 0.6 is 0 Å². The van der Waals surface area contributed by atoms with Crippen LogP contribution < -0.4 is 15.1 Å². The van der Waals surface area contributed by atoms with Crippen molar-refractivity contribution in [1.82, 2.24) is 25.0 Å². The Morgan fingerprint density at radius 2 is 1.67 bits per heavy atom. The van der Waals surface area contributed by atoms with Crippen molar-refractivity contribution < 1.29 is 14.7 Å². The van der Waals surface area contributed by atoms with Crippen LogP contribution in [0.5, 0.6) is 5.75 Å². The summed E-state index contributed by atoms with van der Waals surface area (Å²) in [5, 5.41) is 21.5. The molecule has 2 amide bonds. The number of nitrogens with zero attached hydrogens (tertiary/aromatic N) is 6. The average Bonchev–Trinajstić information content (AvgIpc) is 3.82. The molecule has 0 radical (unpaired) electrons. The maximum atomic E-state index is 12.7. The molecule has 0 bridgehead atoms. The molecule has 10 nitrogen and oxygen atoms in total. The number of para-hydroxylation sites is 1. The number of anilines is 2. The molecule has 2 fully saturated rings. The maximum absolute atomic E-state index is 12.7. The first-order valence-electron chi connectivity index (χ1n) is 18.9. The van der Waals surface area contributed by atoms with Gasteiger partial charge < -0.3 is 24.4 Å². The molecular weight excluding hydrogens is 651 g/mol. The van der Waals surface area contributed by atoms with Gasteiger partial charge in [-0.1, -0.05) is 43.7 Å².